The van der Waals surface area contributed by atoms with E-state index in [9.17, 15) is 9.18 Å². The highest BCUT2D eigenvalue weighted by Gasteiger charge is 2.15. The summed E-state index contributed by atoms with van der Waals surface area (Å²) in [5.41, 5.74) is 1.35. The van der Waals surface area contributed by atoms with Crippen molar-refractivity contribution in [2.75, 3.05) is 31.6 Å². The van der Waals surface area contributed by atoms with Crippen LogP contribution in [0.15, 0.2) is 18.2 Å². The molecule has 0 saturated carbocycles. The van der Waals surface area contributed by atoms with E-state index in [1.165, 1.54) is 6.07 Å². The maximum absolute atomic E-state index is 14.0. The smallest absolute Gasteiger partial charge is 0.239 e. The average molecular weight is 281 g/mol. The number of hydrogen-bond acceptors (Lipinski definition) is 3. The predicted molar refractivity (Wildman–Crippen MR) is 80.4 cm³/mol. The summed E-state index contributed by atoms with van der Waals surface area (Å²) >= 11 is 0. The van der Waals surface area contributed by atoms with Crippen molar-refractivity contribution >= 4 is 11.6 Å². The third-order valence-electron chi connectivity index (χ3n) is 2.97. The van der Waals surface area contributed by atoms with Crippen LogP contribution in [-0.4, -0.2) is 32.6 Å². The zero-order valence-corrected chi connectivity index (χ0v) is 12.5. The molecule has 1 amide bonds. The molecule has 0 unspecified atom stereocenters. The number of nitrogens with one attached hydrogen (secondary N) is 2. The highest BCUT2D eigenvalue weighted by Crippen LogP contribution is 2.23. The fourth-order valence-corrected chi connectivity index (χ4v) is 2.00. The largest absolute Gasteiger partial charge is 0.363 e. The molecule has 1 rings (SSSR count). The number of amides is 1. The van der Waals surface area contributed by atoms with Crippen LogP contribution in [0.2, 0.25) is 0 Å². The van der Waals surface area contributed by atoms with E-state index >= 15 is 0 Å². The Hall–Kier alpha value is -1.62. The molecule has 0 aliphatic heterocycles. The van der Waals surface area contributed by atoms with Crippen LogP contribution in [0.4, 0.5) is 10.1 Å². The summed E-state index contributed by atoms with van der Waals surface area (Å²) in [6.45, 7) is 6.20. The van der Waals surface area contributed by atoms with Crippen molar-refractivity contribution in [2.45, 2.75) is 26.8 Å². The van der Waals surface area contributed by atoms with Crippen molar-refractivity contribution in [3.05, 3.63) is 29.6 Å². The molecule has 0 atom stereocenters. The molecule has 5 heteroatoms. The van der Waals surface area contributed by atoms with E-state index in [0.717, 1.165) is 18.5 Å². The third kappa shape index (κ3) is 4.81. The van der Waals surface area contributed by atoms with Gasteiger partial charge >= 0.3 is 0 Å². The minimum Gasteiger partial charge on any atom is -0.363 e. The Bertz CT molecular complexity index is 437. The topological polar surface area (TPSA) is 44.4 Å². The number of anilines is 1. The number of rotatable bonds is 8. The van der Waals surface area contributed by atoms with Crippen LogP contribution in [0.3, 0.4) is 0 Å². The van der Waals surface area contributed by atoms with Crippen molar-refractivity contribution < 1.29 is 9.18 Å². The van der Waals surface area contributed by atoms with Crippen molar-refractivity contribution in [3.8, 4) is 0 Å². The van der Waals surface area contributed by atoms with Crippen molar-refractivity contribution in [3.63, 3.8) is 0 Å². The third-order valence-corrected chi connectivity index (χ3v) is 2.97. The molecule has 0 aliphatic carbocycles. The molecule has 0 radical (unpaired) electrons. The van der Waals surface area contributed by atoms with E-state index in [1.54, 1.807) is 18.0 Å². The summed E-state index contributed by atoms with van der Waals surface area (Å²) in [7, 11) is 1.74. The summed E-state index contributed by atoms with van der Waals surface area (Å²) < 4.78 is 14.0. The van der Waals surface area contributed by atoms with Crippen molar-refractivity contribution in [1.82, 2.24) is 10.6 Å². The van der Waals surface area contributed by atoms with Crippen LogP contribution in [0.25, 0.3) is 0 Å². The molecule has 4 nitrogen and oxygen atoms in total. The van der Waals surface area contributed by atoms with Gasteiger partial charge in [0.2, 0.25) is 5.91 Å². The van der Waals surface area contributed by atoms with Crippen LogP contribution in [0, 0.1) is 5.82 Å². The number of benzene rings is 1. The molecule has 0 fully saturated rings. The fourth-order valence-electron chi connectivity index (χ4n) is 2.00. The van der Waals surface area contributed by atoms with Crippen LogP contribution >= 0.6 is 0 Å². The first-order chi connectivity index (χ1) is 9.60. The lowest BCUT2D eigenvalue weighted by molar-refractivity contribution is -0.119. The first kappa shape index (κ1) is 16.4. The monoisotopic (exact) mass is 281 g/mol. The van der Waals surface area contributed by atoms with E-state index in [-0.39, 0.29) is 18.3 Å². The highest BCUT2D eigenvalue weighted by atomic mass is 19.1. The van der Waals surface area contributed by atoms with E-state index in [4.69, 9.17) is 0 Å². The molecule has 2 N–H and O–H groups in total. The van der Waals surface area contributed by atoms with Gasteiger partial charge in [0, 0.05) is 20.1 Å². The van der Waals surface area contributed by atoms with Gasteiger partial charge in [-0.25, -0.2) is 4.39 Å². The molecule has 0 aromatic heterocycles. The SMILES string of the molecule is CCCNC(=O)CN(C)c1c(F)cccc1CNCC. The van der Waals surface area contributed by atoms with E-state index in [0.29, 0.717) is 18.8 Å². The zero-order valence-electron chi connectivity index (χ0n) is 12.5. The lowest BCUT2D eigenvalue weighted by atomic mass is 10.1. The molecule has 0 bridgehead atoms. The quantitative estimate of drug-likeness (QED) is 0.765. The lowest BCUT2D eigenvalue weighted by Crippen LogP contribution is -2.36. The Balaban J connectivity index is 2.79. The van der Waals surface area contributed by atoms with Gasteiger partial charge in [0.15, 0.2) is 0 Å². The number of halogens is 1. The molecule has 1 aromatic rings. The number of likely N-dealkylation sites (N-methyl/N-ethyl adjacent to an activating group) is 1. The summed E-state index contributed by atoms with van der Waals surface area (Å²) in [4.78, 5) is 13.4. The standard InChI is InChI=1S/C15H24FN3O/c1-4-9-18-14(20)11-19(3)15-12(10-17-5-2)7-6-8-13(15)16/h6-8,17H,4-5,9-11H2,1-3H3,(H,18,20). The fraction of sp³-hybridized carbons (Fsp3) is 0.533. The minimum atomic E-state index is -0.300. The van der Waals surface area contributed by atoms with Crippen molar-refractivity contribution in [2.24, 2.45) is 0 Å². The lowest BCUT2D eigenvalue weighted by Gasteiger charge is -2.22. The number of carbonyl (C=O) groups excluding carboxylic acids is 1. The summed E-state index contributed by atoms with van der Waals surface area (Å²) in [6, 6.07) is 4.99. The summed E-state index contributed by atoms with van der Waals surface area (Å²) in [5, 5.41) is 5.98. The van der Waals surface area contributed by atoms with E-state index < -0.39 is 0 Å². The van der Waals surface area contributed by atoms with Gasteiger partial charge in [0.25, 0.3) is 0 Å². The Morgan fingerprint density at radius 1 is 1.35 bits per heavy atom. The van der Waals surface area contributed by atoms with Gasteiger partial charge in [-0.1, -0.05) is 26.0 Å². The Morgan fingerprint density at radius 3 is 2.75 bits per heavy atom. The first-order valence-corrected chi connectivity index (χ1v) is 7.06. The second kappa shape index (κ2) is 8.53. The van der Waals surface area contributed by atoms with Gasteiger partial charge in [-0.15, -0.1) is 0 Å². The van der Waals surface area contributed by atoms with E-state index in [2.05, 4.69) is 10.6 Å². The Labute approximate surface area is 120 Å². The maximum atomic E-state index is 14.0. The number of hydrogen-bond donors (Lipinski definition) is 2. The van der Waals surface area contributed by atoms with Gasteiger partial charge in [0.05, 0.1) is 12.2 Å². The molecule has 0 heterocycles. The van der Waals surface area contributed by atoms with Crippen LogP contribution in [0.1, 0.15) is 25.8 Å². The summed E-state index contributed by atoms with van der Waals surface area (Å²) in [5.74, 6) is -0.391. The molecule has 0 spiro atoms. The molecule has 0 aliphatic rings. The second-order valence-electron chi connectivity index (χ2n) is 4.73. The molecular weight excluding hydrogens is 257 g/mol. The maximum Gasteiger partial charge on any atom is 0.239 e. The Kier molecular flexibility index (Phi) is 7.01. The van der Waals surface area contributed by atoms with Gasteiger partial charge < -0.3 is 15.5 Å². The average Bonchev–Trinajstić information content (AvgIpc) is 2.42. The van der Waals surface area contributed by atoms with Gasteiger partial charge in [0.1, 0.15) is 5.82 Å². The van der Waals surface area contributed by atoms with Gasteiger partial charge in [-0.3, -0.25) is 4.79 Å². The van der Waals surface area contributed by atoms with Gasteiger partial charge in [-0.2, -0.15) is 0 Å². The molecule has 0 saturated heterocycles. The number of nitrogens with zero attached hydrogens (tertiary/aromatic N) is 1. The van der Waals surface area contributed by atoms with E-state index in [1.807, 2.05) is 19.9 Å². The normalized spacial score (nSPS) is 10.4. The number of para-hydroxylation sites is 1. The van der Waals surface area contributed by atoms with Crippen molar-refractivity contribution in [1.29, 1.82) is 0 Å². The molecule has 112 valence electrons. The van der Waals surface area contributed by atoms with Gasteiger partial charge in [-0.05, 0) is 24.6 Å². The minimum absolute atomic E-state index is 0.0907. The zero-order chi connectivity index (χ0) is 15.0. The molecule has 1 aromatic carbocycles. The number of carbonyl (C=O) groups is 1. The molecular formula is C15H24FN3O. The van der Waals surface area contributed by atoms with Crippen LogP contribution in [0.5, 0.6) is 0 Å². The second-order valence-corrected chi connectivity index (χ2v) is 4.73. The summed E-state index contributed by atoms with van der Waals surface area (Å²) in [6.07, 6.45) is 0.890. The van der Waals surface area contributed by atoms with Crippen LogP contribution in [-0.2, 0) is 11.3 Å². The predicted octanol–water partition coefficient (Wildman–Crippen LogP) is 1.90. The van der Waals surface area contributed by atoms with Crippen LogP contribution < -0.4 is 15.5 Å². The molecule has 20 heavy (non-hydrogen) atoms. The Morgan fingerprint density at radius 2 is 2.10 bits per heavy atom. The highest BCUT2D eigenvalue weighted by molar-refractivity contribution is 5.81. The first-order valence-electron chi connectivity index (χ1n) is 7.06.